The van der Waals surface area contributed by atoms with Gasteiger partial charge in [0.05, 0.1) is 0 Å². The fraction of sp³-hybridized carbons (Fsp3) is 0.111. The van der Waals surface area contributed by atoms with Crippen LogP contribution in [0.3, 0.4) is 0 Å². The average Bonchev–Trinajstić information content (AvgIpc) is 2.04. The lowest BCUT2D eigenvalue weighted by molar-refractivity contribution is -0.114. The Balaban J connectivity index is 2.81. The van der Waals surface area contributed by atoms with Crippen LogP contribution in [0, 0.1) is 5.41 Å². The molecule has 68 valence electrons. The smallest absolute Gasteiger partial charge is 0.221 e. The maximum absolute atomic E-state index is 10.7. The molecule has 0 aromatic heterocycles. The molecular weight excluding hydrogens is 166 g/mol. The number of carbonyl (C=O) groups excluding carboxylic acids is 1. The van der Waals surface area contributed by atoms with Gasteiger partial charge in [-0.15, -0.1) is 0 Å². The highest BCUT2D eigenvalue weighted by Crippen LogP contribution is 2.08. The number of rotatable bonds is 2. The predicted molar refractivity (Wildman–Crippen MR) is 51.8 cm³/mol. The van der Waals surface area contributed by atoms with E-state index in [1.54, 1.807) is 24.3 Å². The van der Waals surface area contributed by atoms with E-state index in [0.717, 1.165) is 0 Å². The number of carbonyl (C=O) groups is 1. The quantitative estimate of drug-likeness (QED) is 0.464. The Morgan fingerprint density at radius 1 is 1.38 bits per heavy atom. The van der Waals surface area contributed by atoms with E-state index in [-0.39, 0.29) is 11.7 Å². The van der Waals surface area contributed by atoms with Gasteiger partial charge in [-0.3, -0.25) is 10.2 Å². The highest BCUT2D eigenvalue weighted by molar-refractivity contribution is 5.96. The first-order valence-electron chi connectivity index (χ1n) is 3.81. The summed E-state index contributed by atoms with van der Waals surface area (Å²) in [4.78, 5) is 10.7. The SMILES string of the molecule is CC(=O)Nc1ccc(C(=N)N)cc1. The van der Waals surface area contributed by atoms with E-state index in [1.165, 1.54) is 6.92 Å². The van der Waals surface area contributed by atoms with Gasteiger partial charge in [-0.2, -0.15) is 0 Å². The van der Waals surface area contributed by atoms with Crippen LogP contribution in [0.2, 0.25) is 0 Å². The number of anilines is 1. The van der Waals surface area contributed by atoms with Crippen molar-refractivity contribution in [2.75, 3.05) is 5.32 Å². The van der Waals surface area contributed by atoms with E-state index >= 15 is 0 Å². The molecule has 0 fully saturated rings. The van der Waals surface area contributed by atoms with Gasteiger partial charge in [0.2, 0.25) is 5.91 Å². The monoisotopic (exact) mass is 177 g/mol. The summed E-state index contributed by atoms with van der Waals surface area (Å²) in [6.07, 6.45) is 0. The lowest BCUT2D eigenvalue weighted by atomic mass is 10.2. The van der Waals surface area contributed by atoms with Gasteiger partial charge < -0.3 is 11.1 Å². The zero-order valence-corrected chi connectivity index (χ0v) is 7.29. The normalized spacial score (nSPS) is 9.31. The van der Waals surface area contributed by atoms with Gasteiger partial charge in [0, 0.05) is 18.2 Å². The maximum atomic E-state index is 10.7. The molecule has 0 bridgehead atoms. The van der Waals surface area contributed by atoms with E-state index in [9.17, 15) is 4.79 Å². The minimum atomic E-state index is -0.115. The molecule has 0 aliphatic rings. The van der Waals surface area contributed by atoms with Crippen LogP contribution in [0.5, 0.6) is 0 Å². The summed E-state index contributed by atoms with van der Waals surface area (Å²) in [6, 6.07) is 6.79. The zero-order chi connectivity index (χ0) is 9.84. The van der Waals surface area contributed by atoms with E-state index in [2.05, 4.69) is 5.32 Å². The minimum absolute atomic E-state index is 0.0226. The van der Waals surface area contributed by atoms with E-state index in [4.69, 9.17) is 11.1 Å². The number of hydrogen-bond donors (Lipinski definition) is 3. The van der Waals surface area contributed by atoms with Gasteiger partial charge in [-0.1, -0.05) is 0 Å². The van der Waals surface area contributed by atoms with Crippen LogP contribution in [-0.4, -0.2) is 11.7 Å². The molecule has 13 heavy (non-hydrogen) atoms. The number of nitrogens with two attached hydrogens (primary N) is 1. The van der Waals surface area contributed by atoms with E-state index in [1.807, 2.05) is 0 Å². The molecule has 0 radical (unpaired) electrons. The topological polar surface area (TPSA) is 79.0 Å². The Morgan fingerprint density at radius 2 is 1.92 bits per heavy atom. The molecule has 0 heterocycles. The van der Waals surface area contributed by atoms with Crippen molar-refractivity contribution in [3.05, 3.63) is 29.8 Å². The highest BCUT2D eigenvalue weighted by atomic mass is 16.1. The third-order valence-electron chi connectivity index (χ3n) is 1.52. The Morgan fingerprint density at radius 3 is 2.31 bits per heavy atom. The summed E-state index contributed by atoms with van der Waals surface area (Å²) in [7, 11) is 0. The molecule has 4 heteroatoms. The maximum Gasteiger partial charge on any atom is 0.221 e. The molecule has 4 N–H and O–H groups in total. The minimum Gasteiger partial charge on any atom is -0.384 e. The molecule has 0 spiro atoms. The van der Waals surface area contributed by atoms with Crippen molar-refractivity contribution < 1.29 is 4.79 Å². The van der Waals surface area contributed by atoms with Crippen molar-refractivity contribution in [2.24, 2.45) is 5.73 Å². The van der Waals surface area contributed by atoms with Crippen LogP contribution >= 0.6 is 0 Å². The second-order valence-electron chi connectivity index (χ2n) is 2.67. The van der Waals surface area contributed by atoms with Crippen LogP contribution in [0.15, 0.2) is 24.3 Å². The average molecular weight is 177 g/mol. The van der Waals surface area contributed by atoms with Crippen LogP contribution in [0.1, 0.15) is 12.5 Å². The Labute approximate surface area is 76.3 Å². The molecule has 1 aromatic carbocycles. The predicted octanol–water partition coefficient (Wildman–Crippen LogP) is 0.929. The van der Waals surface area contributed by atoms with Gasteiger partial charge in [0.1, 0.15) is 5.84 Å². The number of amidine groups is 1. The van der Waals surface area contributed by atoms with E-state index in [0.29, 0.717) is 11.3 Å². The van der Waals surface area contributed by atoms with Gasteiger partial charge in [-0.05, 0) is 24.3 Å². The van der Waals surface area contributed by atoms with Gasteiger partial charge in [0.25, 0.3) is 0 Å². The van der Waals surface area contributed by atoms with E-state index < -0.39 is 0 Å². The molecular formula is C9H11N3O. The van der Waals surface area contributed by atoms with Gasteiger partial charge >= 0.3 is 0 Å². The number of nitrogen functional groups attached to an aromatic ring is 1. The van der Waals surface area contributed by atoms with Crippen molar-refractivity contribution in [1.82, 2.24) is 0 Å². The summed E-state index contributed by atoms with van der Waals surface area (Å²) in [5.74, 6) is -0.0926. The van der Waals surface area contributed by atoms with Crippen molar-refractivity contribution >= 4 is 17.4 Å². The van der Waals surface area contributed by atoms with Crippen molar-refractivity contribution in [3.63, 3.8) is 0 Å². The van der Waals surface area contributed by atoms with Crippen LogP contribution < -0.4 is 11.1 Å². The summed E-state index contributed by atoms with van der Waals surface area (Å²) in [5.41, 5.74) is 6.61. The molecule has 0 saturated carbocycles. The van der Waals surface area contributed by atoms with Crippen molar-refractivity contribution in [1.29, 1.82) is 5.41 Å². The van der Waals surface area contributed by atoms with Crippen molar-refractivity contribution in [2.45, 2.75) is 6.92 Å². The largest absolute Gasteiger partial charge is 0.384 e. The number of hydrogen-bond acceptors (Lipinski definition) is 2. The summed E-state index contributed by atoms with van der Waals surface area (Å²) in [6.45, 7) is 1.44. The van der Waals surface area contributed by atoms with Crippen LogP contribution in [-0.2, 0) is 4.79 Å². The Kier molecular flexibility index (Phi) is 2.64. The molecule has 0 aliphatic heterocycles. The number of amides is 1. The molecule has 0 saturated heterocycles. The zero-order valence-electron chi connectivity index (χ0n) is 7.29. The number of benzene rings is 1. The molecule has 0 unspecified atom stereocenters. The van der Waals surface area contributed by atoms with Crippen LogP contribution in [0.4, 0.5) is 5.69 Å². The molecule has 1 aromatic rings. The molecule has 0 aliphatic carbocycles. The van der Waals surface area contributed by atoms with Crippen LogP contribution in [0.25, 0.3) is 0 Å². The van der Waals surface area contributed by atoms with Crippen molar-refractivity contribution in [3.8, 4) is 0 Å². The molecule has 0 atom stereocenters. The summed E-state index contributed by atoms with van der Waals surface area (Å²) in [5, 5.41) is 9.76. The summed E-state index contributed by atoms with van der Waals surface area (Å²) >= 11 is 0. The fourth-order valence-corrected chi connectivity index (χ4v) is 0.936. The van der Waals surface area contributed by atoms with Gasteiger partial charge in [0.15, 0.2) is 0 Å². The molecule has 4 nitrogen and oxygen atoms in total. The third-order valence-corrected chi connectivity index (χ3v) is 1.52. The summed E-state index contributed by atoms with van der Waals surface area (Å²) < 4.78 is 0. The Hall–Kier alpha value is -1.84. The van der Waals surface area contributed by atoms with Gasteiger partial charge in [-0.25, -0.2) is 0 Å². The highest BCUT2D eigenvalue weighted by Gasteiger charge is 1.97. The first kappa shape index (κ1) is 9.25. The molecule has 1 amide bonds. The standard InChI is InChI=1S/C9H11N3O/c1-6(13)12-8-4-2-7(3-5-8)9(10)11/h2-5H,1H3,(H3,10,11)(H,12,13). The first-order valence-corrected chi connectivity index (χ1v) is 3.81. The second-order valence-corrected chi connectivity index (χ2v) is 2.67. The third kappa shape index (κ3) is 2.59. The lowest BCUT2D eigenvalue weighted by Crippen LogP contribution is -2.11. The fourth-order valence-electron chi connectivity index (χ4n) is 0.936. The molecule has 1 rings (SSSR count). The lowest BCUT2D eigenvalue weighted by Gasteiger charge is -2.02. The Bertz CT molecular complexity index is 329. The number of nitrogens with one attached hydrogen (secondary N) is 2. The first-order chi connectivity index (χ1) is 6.09. The second kappa shape index (κ2) is 3.71.